The lowest BCUT2D eigenvalue weighted by Gasteiger charge is -2.18. The molecule has 0 aliphatic carbocycles. The Bertz CT molecular complexity index is 2220. The zero-order valence-electron chi connectivity index (χ0n) is 31.3. The lowest BCUT2D eigenvalue weighted by atomic mass is 10.1. The van der Waals surface area contributed by atoms with Crippen molar-refractivity contribution in [1.82, 2.24) is 46.2 Å². The number of benzene rings is 1. The molecule has 60 heavy (non-hydrogen) atoms. The Labute approximate surface area is 341 Å². The van der Waals surface area contributed by atoms with E-state index < -0.39 is 108 Å². The number of aromatic amines is 1. The van der Waals surface area contributed by atoms with Gasteiger partial charge in [-0.15, -0.1) is 11.8 Å². The van der Waals surface area contributed by atoms with Crippen molar-refractivity contribution in [3.63, 3.8) is 0 Å². The number of hydrazine groups is 1. The summed E-state index contributed by atoms with van der Waals surface area (Å²) in [6, 6.07) is 1.13. The number of anilines is 2. The van der Waals surface area contributed by atoms with Crippen LogP contribution in [0.25, 0.3) is 11.2 Å². The Morgan fingerprint density at radius 3 is 2.03 bits per heavy atom. The van der Waals surface area contributed by atoms with Crippen molar-refractivity contribution >= 4 is 87.9 Å². The van der Waals surface area contributed by atoms with Crippen LogP contribution in [0.15, 0.2) is 35.3 Å². The summed E-state index contributed by atoms with van der Waals surface area (Å²) in [5.74, 6) is -4.34. The number of likely N-dealkylation sites (tertiary alicyclic amines) is 1. The molecule has 0 bridgehead atoms. The van der Waals surface area contributed by atoms with E-state index in [0.717, 1.165) is 16.7 Å². The molecule has 13 N–H and O–H groups in total. The first-order chi connectivity index (χ1) is 28.4. The number of amides is 6. The van der Waals surface area contributed by atoms with Gasteiger partial charge in [-0.3, -0.25) is 48.9 Å². The summed E-state index contributed by atoms with van der Waals surface area (Å²) in [6.07, 6.45) is -1.11. The first-order valence-corrected chi connectivity index (χ1v) is 18.9. The van der Waals surface area contributed by atoms with Gasteiger partial charge in [-0.2, -0.15) is 4.98 Å². The summed E-state index contributed by atoms with van der Waals surface area (Å²) in [7, 11) is 0. The van der Waals surface area contributed by atoms with Crippen LogP contribution in [0.2, 0.25) is 0 Å². The molecular formula is C34H40N12O13S. The zero-order valence-corrected chi connectivity index (χ0v) is 32.2. The number of nitrogens with one attached hydrogen (secondary N) is 6. The quantitative estimate of drug-likeness (QED) is 0.0208. The molecule has 1 fully saturated rings. The minimum absolute atomic E-state index is 0.00625. The smallest absolute Gasteiger partial charge is 0.327 e. The van der Waals surface area contributed by atoms with Crippen molar-refractivity contribution in [2.24, 2.45) is 5.84 Å². The van der Waals surface area contributed by atoms with Gasteiger partial charge < -0.3 is 42.3 Å². The Hall–Kier alpha value is -7.22. The molecule has 25 nitrogen and oxygen atoms in total. The normalized spacial score (nSPS) is 15.1. The van der Waals surface area contributed by atoms with Gasteiger partial charge >= 0.3 is 17.9 Å². The average molecular weight is 857 g/mol. The van der Waals surface area contributed by atoms with Gasteiger partial charge in [0.1, 0.15) is 18.1 Å². The van der Waals surface area contributed by atoms with E-state index in [1.54, 1.807) is 0 Å². The summed E-state index contributed by atoms with van der Waals surface area (Å²) in [4.78, 5) is 137. The van der Waals surface area contributed by atoms with Gasteiger partial charge in [0.15, 0.2) is 11.2 Å². The van der Waals surface area contributed by atoms with Gasteiger partial charge in [0, 0.05) is 49.2 Å². The number of fused-ring (bicyclic) bond motifs is 1. The number of aliphatic carboxylic acids is 3. The van der Waals surface area contributed by atoms with Gasteiger partial charge in [-0.1, -0.05) is 0 Å². The van der Waals surface area contributed by atoms with E-state index in [0.29, 0.717) is 11.4 Å². The Morgan fingerprint density at radius 2 is 1.43 bits per heavy atom. The van der Waals surface area contributed by atoms with Crippen LogP contribution in [0.3, 0.4) is 0 Å². The third kappa shape index (κ3) is 12.9. The van der Waals surface area contributed by atoms with E-state index in [1.165, 1.54) is 30.5 Å². The maximum absolute atomic E-state index is 12.9. The monoisotopic (exact) mass is 856 g/mol. The summed E-state index contributed by atoms with van der Waals surface area (Å²) in [5, 5.41) is 37.7. The molecule has 6 amide bonds. The predicted molar refractivity (Wildman–Crippen MR) is 207 cm³/mol. The van der Waals surface area contributed by atoms with Crippen molar-refractivity contribution < 1.29 is 58.5 Å². The number of H-pyrrole nitrogens is 1. The second-order valence-corrected chi connectivity index (χ2v) is 14.2. The molecule has 0 spiro atoms. The Kier molecular flexibility index (Phi) is 15.9. The van der Waals surface area contributed by atoms with Crippen LogP contribution in [0.5, 0.6) is 0 Å². The fraction of sp³-hybridized carbons (Fsp3) is 0.382. The highest BCUT2D eigenvalue weighted by Crippen LogP contribution is 2.26. The van der Waals surface area contributed by atoms with E-state index in [1.807, 2.05) is 5.43 Å². The average Bonchev–Trinajstić information content (AvgIpc) is 3.48. The summed E-state index contributed by atoms with van der Waals surface area (Å²) >= 11 is 0.799. The number of nitrogens with two attached hydrogens (primary N) is 2. The molecule has 4 unspecified atom stereocenters. The van der Waals surface area contributed by atoms with E-state index >= 15 is 0 Å². The minimum atomic E-state index is -1.63. The third-order valence-electron chi connectivity index (χ3n) is 8.69. The van der Waals surface area contributed by atoms with Gasteiger partial charge in [0.25, 0.3) is 11.5 Å². The topological polar surface area (TPSA) is 401 Å². The molecule has 320 valence electrons. The van der Waals surface area contributed by atoms with Gasteiger partial charge in [0.05, 0.1) is 23.7 Å². The number of hydrogen-bond donors (Lipinski definition) is 11. The number of nitrogens with zero attached hydrogens (tertiary/aromatic N) is 4. The Balaban J connectivity index is 1.21. The maximum atomic E-state index is 12.9. The van der Waals surface area contributed by atoms with Crippen molar-refractivity contribution in [2.45, 2.75) is 68.4 Å². The van der Waals surface area contributed by atoms with Crippen molar-refractivity contribution in [3.8, 4) is 0 Å². The number of rotatable bonds is 22. The lowest BCUT2D eigenvalue weighted by molar-refractivity contribution is -0.143. The molecule has 1 aromatic carbocycles. The van der Waals surface area contributed by atoms with Crippen molar-refractivity contribution in [1.29, 1.82) is 0 Å². The van der Waals surface area contributed by atoms with Gasteiger partial charge in [-0.25, -0.2) is 30.2 Å². The number of carbonyl (C=O) groups is 9. The molecule has 3 heterocycles. The summed E-state index contributed by atoms with van der Waals surface area (Å²) in [6.45, 7) is -0.0859. The molecule has 4 atom stereocenters. The molecule has 1 saturated heterocycles. The van der Waals surface area contributed by atoms with E-state index in [-0.39, 0.29) is 54.4 Å². The largest absolute Gasteiger partial charge is 0.480 e. The number of carbonyl (C=O) groups excluding carboxylic acids is 6. The summed E-state index contributed by atoms with van der Waals surface area (Å²) < 4.78 is 0. The number of aromatic nitrogens is 4. The number of carboxylic acid groups (broad SMARTS) is 3. The van der Waals surface area contributed by atoms with Crippen LogP contribution in [-0.2, 0) is 44.9 Å². The number of imide groups is 1. The molecular weight excluding hydrogens is 817 g/mol. The van der Waals surface area contributed by atoms with Gasteiger partial charge in [-0.05, 0) is 37.1 Å². The second kappa shape index (κ2) is 21.0. The van der Waals surface area contributed by atoms with Crippen LogP contribution in [0.1, 0.15) is 54.6 Å². The number of thioether (sulfide) groups is 1. The highest BCUT2D eigenvalue weighted by Gasteiger charge is 2.39. The van der Waals surface area contributed by atoms with Crippen LogP contribution >= 0.6 is 11.8 Å². The molecule has 2 aromatic heterocycles. The first-order valence-electron chi connectivity index (χ1n) is 17.8. The minimum Gasteiger partial charge on any atom is -0.480 e. The number of nitrogen functional groups attached to an aromatic ring is 1. The highest BCUT2D eigenvalue weighted by atomic mass is 32.2. The molecule has 0 radical (unpaired) electrons. The lowest BCUT2D eigenvalue weighted by Crippen LogP contribution is -2.45. The van der Waals surface area contributed by atoms with E-state index in [9.17, 15) is 63.3 Å². The maximum Gasteiger partial charge on any atom is 0.327 e. The third-order valence-corrected chi connectivity index (χ3v) is 9.98. The SMILES string of the molecule is NNC(=O)CCN1C(=O)CC(SCC(NC(=O)CCC(NC(=O)CCC(NC(=O)c2ccc(NCc3cnc4nc(N)[nH]c(=O)c4n3)cc2)C(=O)O)C(=O)O)C(=O)O)C1=O. The van der Waals surface area contributed by atoms with Crippen molar-refractivity contribution in [3.05, 3.63) is 52.1 Å². The summed E-state index contributed by atoms with van der Waals surface area (Å²) in [5.41, 5.74) is 7.90. The van der Waals surface area contributed by atoms with Gasteiger partial charge in [0.2, 0.25) is 35.5 Å². The standard InChI is InChI=1S/C34H40N12O13S/c35-34-43-27-26(29(52)44-34)39-17(13-38-27)12-37-16-3-1-15(2-4-16)28(51)42-19(32(56)57)6-8-22(47)40-18(31(54)55)5-7-23(48)41-20(33(58)59)14-60-21-11-25(50)46(30(21)53)10-9-24(49)45-36/h1-4,13,18-21,37H,5-12,14,36H2,(H,40,47)(H,41,48)(H,42,51)(H,45,49)(H,54,55)(H,56,57)(H,58,59)(H3,35,38,43,44,52). The number of carboxylic acids is 3. The molecule has 26 heteroatoms. The van der Waals surface area contributed by atoms with E-state index in [4.69, 9.17) is 11.6 Å². The fourth-order valence-electron chi connectivity index (χ4n) is 5.52. The van der Waals surface area contributed by atoms with Crippen molar-refractivity contribution in [2.75, 3.05) is 23.3 Å². The molecule has 1 aliphatic rings. The van der Waals surface area contributed by atoms with E-state index in [2.05, 4.69) is 41.2 Å². The fourth-order valence-corrected chi connectivity index (χ4v) is 6.70. The Morgan fingerprint density at radius 1 is 0.833 bits per heavy atom. The van der Waals surface area contributed by atoms with Crippen LogP contribution < -0.4 is 43.8 Å². The predicted octanol–water partition coefficient (Wildman–Crippen LogP) is -2.97. The molecule has 3 aromatic rings. The number of hydrogen-bond acceptors (Lipinski definition) is 17. The van der Waals surface area contributed by atoms with Crippen LogP contribution in [0, 0.1) is 0 Å². The van der Waals surface area contributed by atoms with Crippen LogP contribution in [0.4, 0.5) is 11.6 Å². The molecule has 0 saturated carbocycles. The molecule has 1 aliphatic heterocycles. The molecule has 4 rings (SSSR count). The van der Waals surface area contributed by atoms with Crippen LogP contribution in [-0.4, -0.2) is 129 Å². The first kappa shape index (κ1) is 45.5. The highest BCUT2D eigenvalue weighted by molar-refractivity contribution is 8.00. The zero-order chi connectivity index (χ0) is 44.1. The second-order valence-electron chi connectivity index (χ2n) is 13.0.